The molecule has 0 unspecified atom stereocenters. The lowest BCUT2D eigenvalue weighted by Crippen LogP contribution is -2.02. The van der Waals surface area contributed by atoms with E-state index in [-0.39, 0.29) is 17.4 Å². The average molecular weight is 348 g/mol. The van der Waals surface area contributed by atoms with Crippen LogP contribution in [0.5, 0.6) is 11.5 Å². The lowest BCUT2D eigenvalue weighted by atomic mass is 10.2. The number of hydrazone groups is 1. The Labute approximate surface area is 148 Å². The zero-order chi connectivity index (χ0) is 18.1. The molecule has 2 aromatic heterocycles. The molecule has 0 saturated heterocycles. The first-order valence-corrected chi connectivity index (χ1v) is 8.10. The van der Waals surface area contributed by atoms with Crippen molar-refractivity contribution < 1.29 is 10.2 Å². The van der Waals surface area contributed by atoms with Crippen LogP contribution in [-0.2, 0) is 6.54 Å². The first-order chi connectivity index (χ1) is 12.7. The number of phenols is 2. The van der Waals surface area contributed by atoms with Crippen LogP contribution in [0.2, 0.25) is 0 Å². The van der Waals surface area contributed by atoms with Gasteiger partial charge in [0.25, 0.3) is 5.95 Å². The van der Waals surface area contributed by atoms with Crippen molar-refractivity contribution in [1.29, 1.82) is 0 Å². The van der Waals surface area contributed by atoms with Crippen molar-refractivity contribution >= 4 is 34.2 Å². The first-order valence-electron chi connectivity index (χ1n) is 8.10. The number of hydrogen-bond donors (Lipinski definition) is 3. The van der Waals surface area contributed by atoms with Crippen LogP contribution in [0.25, 0.3) is 22.1 Å². The summed E-state index contributed by atoms with van der Waals surface area (Å²) in [6.07, 6.45) is 1.49. The van der Waals surface area contributed by atoms with Crippen molar-refractivity contribution in [2.24, 2.45) is 5.10 Å². The quantitative estimate of drug-likeness (QED) is 0.297. The van der Waals surface area contributed by atoms with Crippen LogP contribution < -0.4 is 5.43 Å². The Kier molecular flexibility index (Phi) is 3.85. The summed E-state index contributed by atoms with van der Waals surface area (Å²) >= 11 is 0. The van der Waals surface area contributed by atoms with Crippen LogP contribution >= 0.6 is 0 Å². The third-order valence-corrected chi connectivity index (χ3v) is 4.07. The minimum Gasteiger partial charge on any atom is -0.504 e. The molecule has 2 heterocycles. The molecule has 130 valence electrons. The highest BCUT2D eigenvalue weighted by Gasteiger charge is 2.13. The van der Waals surface area contributed by atoms with Crippen molar-refractivity contribution in [3.63, 3.8) is 0 Å². The van der Waals surface area contributed by atoms with Gasteiger partial charge < -0.3 is 14.8 Å². The summed E-state index contributed by atoms with van der Waals surface area (Å²) in [5, 5.41) is 32.2. The molecule has 0 atom stereocenters. The van der Waals surface area contributed by atoms with E-state index in [1.165, 1.54) is 18.3 Å². The molecule has 2 aromatic carbocycles. The molecule has 0 radical (unpaired) electrons. The predicted octanol–water partition coefficient (Wildman–Crippen LogP) is 2.86. The number of benzene rings is 2. The van der Waals surface area contributed by atoms with Gasteiger partial charge >= 0.3 is 0 Å². The van der Waals surface area contributed by atoms with Gasteiger partial charge in [0, 0.05) is 11.9 Å². The second kappa shape index (κ2) is 6.32. The van der Waals surface area contributed by atoms with Gasteiger partial charge in [-0.25, -0.2) is 5.43 Å². The Morgan fingerprint density at radius 1 is 1.12 bits per heavy atom. The van der Waals surface area contributed by atoms with Crippen LogP contribution in [0, 0.1) is 0 Å². The summed E-state index contributed by atoms with van der Waals surface area (Å²) in [6, 6.07) is 12.4. The van der Waals surface area contributed by atoms with Gasteiger partial charge in [0.1, 0.15) is 5.52 Å². The summed E-state index contributed by atoms with van der Waals surface area (Å²) in [5.41, 5.74) is 5.91. The van der Waals surface area contributed by atoms with Crippen molar-refractivity contribution in [3.05, 3.63) is 48.0 Å². The number of para-hydroxylation sites is 1. The highest BCUT2D eigenvalue weighted by molar-refractivity contribution is 6.04. The minimum absolute atomic E-state index is 0.180. The molecule has 0 amide bonds. The largest absolute Gasteiger partial charge is 0.504 e. The third kappa shape index (κ3) is 2.67. The Morgan fingerprint density at radius 2 is 1.96 bits per heavy atom. The van der Waals surface area contributed by atoms with Gasteiger partial charge in [-0.3, -0.25) is 0 Å². The number of nitrogens with zero attached hydrogens (tertiary/aromatic N) is 5. The molecular weight excluding hydrogens is 332 g/mol. The molecule has 0 aliphatic heterocycles. The fourth-order valence-electron chi connectivity index (χ4n) is 2.86. The Hall–Kier alpha value is -3.68. The number of aromatic hydroxyl groups is 2. The fourth-order valence-corrected chi connectivity index (χ4v) is 2.86. The lowest BCUT2D eigenvalue weighted by Gasteiger charge is -2.02. The second-order valence-electron chi connectivity index (χ2n) is 5.69. The van der Waals surface area contributed by atoms with Gasteiger partial charge in [0.15, 0.2) is 17.1 Å². The molecule has 0 saturated carbocycles. The van der Waals surface area contributed by atoms with E-state index in [1.807, 2.05) is 24.3 Å². The number of aryl methyl sites for hydroxylation is 1. The Balaban J connectivity index is 1.66. The van der Waals surface area contributed by atoms with E-state index in [0.717, 1.165) is 28.6 Å². The molecule has 8 heteroatoms. The van der Waals surface area contributed by atoms with E-state index < -0.39 is 0 Å². The Morgan fingerprint density at radius 3 is 2.77 bits per heavy atom. The molecule has 0 fully saturated rings. The summed E-state index contributed by atoms with van der Waals surface area (Å²) in [4.78, 5) is 4.52. The van der Waals surface area contributed by atoms with E-state index in [1.54, 1.807) is 6.07 Å². The molecule has 4 rings (SSSR count). The SMILES string of the molecule is CCn1c2ccccc2c2nnc(NN=Cc3ccc(O)c(O)c3)nc21. The van der Waals surface area contributed by atoms with Crippen molar-refractivity contribution in [2.75, 3.05) is 5.43 Å². The number of nitrogens with one attached hydrogen (secondary N) is 1. The number of fused-ring (bicyclic) bond motifs is 3. The van der Waals surface area contributed by atoms with Crippen LogP contribution in [0.1, 0.15) is 12.5 Å². The predicted molar refractivity (Wildman–Crippen MR) is 99.5 cm³/mol. The maximum atomic E-state index is 9.49. The monoisotopic (exact) mass is 348 g/mol. The first kappa shape index (κ1) is 15.8. The molecule has 0 spiro atoms. The summed E-state index contributed by atoms with van der Waals surface area (Å²) in [5.74, 6) is -0.115. The highest BCUT2D eigenvalue weighted by Crippen LogP contribution is 2.26. The van der Waals surface area contributed by atoms with Crippen molar-refractivity contribution in [3.8, 4) is 11.5 Å². The zero-order valence-electron chi connectivity index (χ0n) is 14.0. The van der Waals surface area contributed by atoms with Crippen LogP contribution in [-0.4, -0.2) is 36.2 Å². The van der Waals surface area contributed by atoms with Crippen LogP contribution in [0.4, 0.5) is 5.95 Å². The second-order valence-corrected chi connectivity index (χ2v) is 5.69. The number of rotatable bonds is 4. The van der Waals surface area contributed by atoms with Gasteiger partial charge in [-0.05, 0) is 36.8 Å². The molecule has 0 bridgehead atoms. The number of anilines is 1. The van der Waals surface area contributed by atoms with E-state index >= 15 is 0 Å². The standard InChI is InChI=1S/C18H16N6O2/c1-2-24-13-6-4-3-5-12(13)16-17(24)20-18(23-21-16)22-19-10-11-7-8-14(25)15(26)9-11/h3-10,25-26H,2H2,1H3,(H,20,22,23). The van der Waals surface area contributed by atoms with Crippen LogP contribution in [0.3, 0.4) is 0 Å². The maximum Gasteiger partial charge on any atom is 0.265 e. The van der Waals surface area contributed by atoms with E-state index in [2.05, 4.69) is 37.2 Å². The molecule has 0 aliphatic carbocycles. The normalized spacial score (nSPS) is 11.6. The fraction of sp³-hybridized carbons (Fsp3) is 0.111. The van der Waals surface area contributed by atoms with Crippen molar-refractivity contribution in [2.45, 2.75) is 13.5 Å². The smallest absolute Gasteiger partial charge is 0.265 e. The van der Waals surface area contributed by atoms with Gasteiger partial charge in [-0.15, -0.1) is 10.2 Å². The highest BCUT2D eigenvalue weighted by atomic mass is 16.3. The average Bonchev–Trinajstić information content (AvgIpc) is 2.97. The molecule has 0 aliphatic rings. The van der Waals surface area contributed by atoms with E-state index in [9.17, 15) is 10.2 Å². The summed E-state index contributed by atoms with van der Waals surface area (Å²) < 4.78 is 2.08. The summed E-state index contributed by atoms with van der Waals surface area (Å²) in [7, 11) is 0. The topological polar surface area (TPSA) is 108 Å². The van der Waals surface area contributed by atoms with E-state index in [4.69, 9.17) is 0 Å². The summed E-state index contributed by atoms with van der Waals surface area (Å²) in [6.45, 7) is 2.81. The van der Waals surface area contributed by atoms with Gasteiger partial charge in [0.05, 0.1) is 11.7 Å². The number of aromatic nitrogens is 4. The minimum atomic E-state index is -0.208. The zero-order valence-corrected chi connectivity index (χ0v) is 14.0. The molecular formula is C18H16N6O2. The molecule has 26 heavy (non-hydrogen) atoms. The molecule has 3 N–H and O–H groups in total. The maximum absolute atomic E-state index is 9.49. The number of hydrogen-bond acceptors (Lipinski definition) is 7. The van der Waals surface area contributed by atoms with Gasteiger partial charge in [-0.1, -0.05) is 18.2 Å². The van der Waals surface area contributed by atoms with Crippen molar-refractivity contribution in [1.82, 2.24) is 19.7 Å². The molecule has 4 aromatic rings. The van der Waals surface area contributed by atoms with Crippen LogP contribution in [0.15, 0.2) is 47.6 Å². The number of phenolic OH excluding ortho intramolecular Hbond substituents is 2. The van der Waals surface area contributed by atoms with Gasteiger partial charge in [0.2, 0.25) is 0 Å². The Bertz CT molecular complexity index is 1140. The third-order valence-electron chi connectivity index (χ3n) is 4.07. The van der Waals surface area contributed by atoms with E-state index in [0.29, 0.717) is 5.56 Å². The molecule has 8 nitrogen and oxygen atoms in total. The van der Waals surface area contributed by atoms with Gasteiger partial charge in [-0.2, -0.15) is 10.1 Å². The lowest BCUT2D eigenvalue weighted by molar-refractivity contribution is 0.403.